The smallest absolute Gasteiger partial charge is 0.446 e. The van der Waals surface area contributed by atoms with E-state index in [1.165, 1.54) is 24.3 Å². The average molecular weight is 459 g/mol. The second-order valence-corrected chi connectivity index (χ2v) is 7.41. The molecule has 2 atom stereocenters. The van der Waals surface area contributed by atoms with Crippen LogP contribution in [0.25, 0.3) is 0 Å². The molecular weight excluding hydrogens is 442 g/mol. The number of halogens is 4. The maximum Gasteiger partial charge on any atom is 0.451 e. The topological polar surface area (TPSA) is 72.4 Å². The van der Waals surface area contributed by atoms with E-state index in [0.29, 0.717) is 11.1 Å². The number of benzene rings is 2. The molecule has 3 aromatic rings. The van der Waals surface area contributed by atoms with Crippen LogP contribution in [-0.4, -0.2) is 33.5 Å². The minimum absolute atomic E-state index is 0.0147. The Labute approximate surface area is 185 Å². The number of alkyl halides is 3. The first-order chi connectivity index (χ1) is 15.7. The van der Waals surface area contributed by atoms with Crippen LogP contribution in [0.4, 0.5) is 22.4 Å². The Bertz CT molecular complexity index is 1140. The molecule has 1 aromatic heterocycles. The predicted molar refractivity (Wildman–Crippen MR) is 107 cm³/mol. The van der Waals surface area contributed by atoms with Crippen molar-refractivity contribution in [2.24, 2.45) is 0 Å². The summed E-state index contributed by atoms with van der Waals surface area (Å²) in [7, 11) is 0. The van der Waals surface area contributed by atoms with E-state index in [9.17, 15) is 27.2 Å². The highest BCUT2D eigenvalue weighted by molar-refractivity contribution is 5.94. The minimum Gasteiger partial charge on any atom is -0.446 e. The fourth-order valence-corrected chi connectivity index (χ4v) is 3.68. The Morgan fingerprint density at radius 2 is 1.67 bits per heavy atom. The van der Waals surface area contributed by atoms with Crippen molar-refractivity contribution in [3.05, 3.63) is 95.3 Å². The van der Waals surface area contributed by atoms with Gasteiger partial charge in [0.2, 0.25) is 11.7 Å². The summed E-state index contributed by atoms with van der Waals surface area (Å²) in [5, 5.41) is 0. The molecule has 0 N–H and O–H groups in total. The minimum atomic E-state index is -4.72. The SMILES string of the molecule is O=C(CC(c1ccc(F)cc1)c1cnc(C(F)(F)F)nc1)N1C(=O)OC[C@H]1c1ccccc1. The summed E-state index contributed by atoms with van der Waals surface area (Å²) in [6, 6.07) is 13.4. The van der Waals surface area contributed by atoms with Crippen LogP contribution in [0, 0.1) is 5.82 Å². The molecular formula is C23H17F4N3O3. The Hall–Kier alpha value is -3.82. The van der Waals surface area contributed by atoms with E-state index in [2.05, 4.69) is 9.97 Å². The third kappa shape index (κ3) is 4.84. The van der Waals surface area contributed by atoms with Crippen molar-refractivity contribution in [2.45, 2.75) is 24.6 Å². The monoisotopic (exact) mass is 459 g/mol. The Kier molecular flexibility index (Phi) is 6.08. The van der Waals surface area contributed by atoms with Gasteiger partial charge in [0.15, 0.2) is 0 Å². The second kappa shape index (κ2) is 8.97. The van der Waals surface area contributed by atoms with Crippen molar-refractivity contribution in [2.75, 3.05) is 6.61 Å². The van der Waals surface area contributed by atoms with E-state index in [0.717, 1.165) is 17.3 Å². The maximum atomic E-state index is 13.4. The van der Waals surface area contributed by atoms with E-state index >= 15 is 0 Å². The molecule has 6 nitrogen and oxygen atoms in total. The number of imide groups is 1. The van der Waals surface area contributed by atoms with Gasteiger partial charge < -0.3 is 4.74 Å². The van der Waals surface area contributed by atoms with Crippen LogP contribution in [0.2, 0.25) is 0 Å². The molecule has 0 radical (unpaired) electrons. The van der Waals surface area contributed by atoms with Crippen molar-refractivity contribution < 1.29 is 31.9 Å². The van der Waals surface area contributed by atoms with Gasteiger partial charge >= 0.3 is 12.3 Å². The zero-order valence-electron chi connectivity index (χ0n) is 17.0. The number of aromatic nitrogens is 2. The van der Waals surface area contributed by atoms with Gasteiger partial charge in [-0.3, -0.25) is 4.79 Å². The molecule has 0 bridgehead atoms. The van der Waals surface area contributed by atoms with Crippen LogP contribution in [0.5, 0.6) is 0 Å². The molecule has 10 heteroatoms. The number of nitrogens with zero attached hydrogens (tertiary/aromatic N) is 3. The Morgan fingerprint density at radius 1 is 1.03 bits per heavy atom. The van der Waals surface area contributed by atoms with Gasteiger partial charge in [0, 0.05) is 24.7 Å². The summed E-state index contributed by atoms with van der Waals surface area (Å²) < 4.78 is 57.1. The lowest BCUT2D eigenvalue weighted by molar-refractivity contribution is -0.145. The number of cyclic esters (lactones) is 1. The van der Waals surface area contributed by atoms with E-state index in [1.54, 1.807) is 30.3 Å². The molecule has 0 spiro atoms. The molecule has 170 valence electrons. The number of hydrogen-bond donors (Lipinski definition) is 0. The van der Waals surface area contributed by atoms with Gasteiger partial charge in [0.1, 0.15) is 18.5 Å². The van der Waals surface area contributed by atoms with Gasteiger partial charge in [-0.15, -0.1) is 0 Å². The van der Waals surface area contributed by atoms with E-state index in [4.69, 9.17) is 4.74 Å². The Morgan fingerprint density at radius 3 is 2.27 bits per heavy atom. The number of rotatable bonds is 5. The lowest BCUT2D eigenvalue weighted by atomic mass is 9.89. The second-order valence-electron chi connectivity index (χ2n) is 7.41. The first-order valence-corrected chi connectivity index (χ1v) is 9.92. The summed E-state index contributed by atoms with van der Waals surface area (Å²) in [5.41, 5.74) is 1.37. The van der Waals surface area contributed by atoms with Gasteiger partial charge in [0.05, 0.1) is 0 Å². The van der Waals surface area contributed by atoms with Crippen molar-refractivity contribution in [1.82, 2.24) is 14.9 Å². The van der Waals surface area contributed by atoms with Crippen molar-refractivity contribution in [3.8, 4) is 0 Å². The number of ether oxygens (including phenoxy) is 1. The zero-order valence-corrected chi connectivity index (χ0v) is 17.0. The van der Waals surface area contributed by atoms with Gasteiger partial charge in [-0.25, -0.2) is 24.1 Å². The van der Waals surface area contributed by atoms with Crippen LogP contribution in [0.1, 0.15) is 40.9 Å². The number of carbonyl (C=O) groups excluding carboxylic acids is 2. The predicted octanol–water partition coefficient (Wildman–Crippen LogP) is 4.88. The molecule has 2 aromatic carbocycles. The van der Waals surface area contributed by atoms with Crippen molar-refractivity contribution >= 4 is 12.0 Å². The molecule has 1 aliphatic rings. The van der Waals surface area contributed by atoms with E-state index in [-0.39, 0.29) is 18.6 Å². The highest BCUT2D eigenvalue weighted by Crippen LogP contribution is 2.34. The summed E-state index contributed by atoms with van der Waals surface area (Å²) in [5.74, 6) is -3.24. The molecule has 0 saturated carbocycles. The zero-order chi connectivity index (χ0) is 23.6. The van der Waals surface area contributed by atoms with Crippen LogP contribution in [-0.2, 0) is 15.7 Å². The molecule has 2 amide bonds. The third-order valence-corrected chi connectivity index (χ3v) is 5.30. The average Bonchev–Trinajstić information content (AvgIpc) is 3.20. The first kappa shape index (κ1) is 22.4. The Balaban J connectivity index is 1.65. The van der Waals surface area contributed by atoms with Gasteiger partial charge in [-0.1, -0.05) is 42.5 Å². The summed E-state index contributed by atoms with van der Waals surface area (Å²) in [4.78, 5) is 33.3. The van der Waals surface area contributed by atoms with Crippen LogP contribution >= 0.6 is 0 Å². The fraction of sp³-hybridized carbons (Fsp3) is 0.217. The summed E-state index contributed by atoms with van der Waals surface area (Å²) in [6.07, 6.45) is -3.86. The van der Waals surface area contributed by atoms with Crippen molar-refractivity contribution in [3.63, 3.8) is 0 Å². The molecule has 0 aliphatic carbocycles. The molecule has 4 rings (SSSR count). The van der Waals surface area contributed by atoms with Crippen LogP contribution in [0.15, 0.2) is 67.0 Å². The highest BCUT2D eigenvalue weighted by Gasteiger charge is 2.40. The van der Waals surface area contributed by atoms with Crippen LogP contribution in [0.3, 0.4) is 0 Å². The third-order valence-electron chi connectivity index (χ3n) is 5.30. The summed E-state index contributed by atoms with van der Waals surface area (Å²) in [6.45, 7) is -0.0147. The first-order valence-electron chi connectivity index (χ1n) is 9.92. The lowest BCUT2D eigenvalue weighted by Crippen LogP contribution is -2.35. The van der Waals surface area contributed by atoms with E-state index < -0.39 is 41.8 Å². The van der Waals surface area contributed by atoms with Crippen molar-refractivity contribution in [1.29, 1.82) is 0 Å². The number of hydrogen-bond acceptors (Lipinski definition) is 5. The summed E-state index contributed by atoms with van der Waals surface area (Å²) >= 11 is 0. The number of carbonyl (C=O) groups is 2. The fourth-order valence-electron chi connectivity index (χ4n) is 3.68. The highest BCUT2D eigenvalue weighted by atomic mass is 19.4. The largest absolute Gasteiger partial charge is 0.451 e. The molecule has 1 aliphatic heterocycles. The lowest BCUT2D eigenvalue weighted by Gasteiger charge is -2.23. The van der Waals surface area contributed by atoms with E-state index in [1.807, 2.05) is 0 Å². The van der Waals surface area contributed by atoms with Crippen LogP contribution < -0.4 is 0 Å². The normalized spacial score (nSPS) is 17.0. The molecule has 1 unspecified atom stereocenters. The van der Waals surface area contributed by atoms with Gasteiger partial charge in [0.25, 0.3) is 0 Å². The number of amides is 2. The molecule has 1 saturated heterocycles. The van der Waals surface area contributed by atoms with Gasteiger partial charge in [-0.2, -0.15) is 13.2 Å². The quantitative estimate of drug-likeness (QED) is 0.509. The molecule has 33 heavy (non-hydrogen) atoms. The van der Waals surface area contributed by atoms with Gasteiger partial charge in [-0.05, 0) is 28.8 Å². The molecule has 1 fully saturated rings. The molecule has 2 heterocycles. The standard InChI is InChI=1S/C23H17F4N3O3/c24-17-8-6-14(7-9-17)18(16-11-28-21(29-12-16)23(25,26)27)10-20(31)30-19(13-33-22(30)32)15-4-2-1-3-5-15/h1-9,11-12,18-19H,10,13H2/t18?,19-/m0/s1. The maximum absolute atomic E-state index is 13.4.